The fourth-order valence-corrected chi connectivity index (χ4v) is 4.51. The number of para-hydroxylation sites is 2. The Labute approximate surface area is 192 Å². The molecule has 0 saturated carbocycles. The second kappa shape index (κ2) is 8.94. The largest absolute Gasteiger partial charge is 0.323 e. The van der Waals surface area contributed by atoms with Gasteiger partial charge in [0.25, 0.3) is 11.5 Å². The van der Waals surface area contributed by atoms with Gasteiger partial charge in [-0.15, -0.1) is 11.3 Å². The molecule has 7 nitrogen and oxygen atoms in total. The van der Waals surface area contributed by atoms with Crippen LogP contribution in [0, 0.1) is 13.8 Å². The van der Waals surface area contributed by atoms with E-state index in [4.69, 9.17) is 11.6 Å². The standard InChI is InChI=1S/C23H19ClN4O3S/c1-13-7-3-5-9-16(13)27-21(30)20-14(2)19-22(32-20)25-12-28(23(19)31)11-18(29)26-17-10-6-4-8-15(17)24/h3-10,12H,11H2,1-2H3,(H,26,29)(H,27,30). The van der Waals surface area contributed by atoms with E-state index in [0.29, 0.717) is 37.1 Å². The summed E-state index contributed by atoms with van der Waals surface area (Å²) in [6.07, 6.45) is 1.32. The van der Waals surface area contributed by atoms with Gasteiger partial charge in [0, 0.05) is 5.69 Å². The van der Waals surface area contributed by atoms with Crippen LogP contribution in [-0.2, 0) is 11.3 Å². The van der Waals surface area contributed by atoms with Crippen LogP contribution in [-0.4, -0.2) is 21.4 Å². The number of thiophene rings is 1. The molecule has 4 aromatic rings. The molecule has 0 spiro atoms. The molecule has 0 unspecified atom stereocenters. The number of nitrogens with one attached hydrogen (secondary N) is 2. The Morgan fingerprint density at radius 3 is 2.44 bits per heavy atom. The van der Waals surface area contributed by atoms with Gasteiger partial charge < -0.3 is 10.6 Å². The maximum absolute atomic E-state index is 13.0. The predicted molar refractivity (Wildman–Crippen MR) is 128 cm³/mol. The second-order valence-electron chi connectivity index (χ2n) is 7.21. The zero-order chi connectivity index (χ0) is 22.8. The average molecular weight is 467 g/mol. The minimum absolute atomic E-state index is 0.229. The molecule has 0 atom stereocenters. The van der Waals surface area contributed by atoms with Crippen LogP contribution in [0.4, 0.5) is 11.4 Å². The Balaban J connectivity index is 1.60. The van der Waals surface area contributed by atoms with Crippen molar-refractivity contribution in [2.75, 3.05) is 10.6 Å². The quantitative estimate of drug-likeness (QED) is 0.449. The number of fused-ring (bicyclic) bond motifs is 1. The number of hydrogen-bond donors (Lipinski definition) is 2. The van der Waals surface area contributed by atoms with Gasteiger partial charge >= 0.3 is 0 Å². The van der Waals surface area contributed by atoms with Crippen LogP contribution < -0.4 is 16.2 Å². The third-order valence-corrected chi connectivity index (χ3v) is 6.51. The Hall–Kier alpha value is -3.49. The first-order chi connectivity index (χ1) is 15.3. The van der Waals surface area contributed by atoms with Crippen molar-refractivity contribution >= 4 is 56.3 Å². The number of nitrogens with zero attached hydrogens (tertiary/aromatic N) is 2. The molecular weight excluding hydrogens is 448 g/mol. The van der Waals surface area contributed by atoms with E-state index in [9.17, 15) is 14.4 Å². The highest BCUT2D eigenvalue weighted by Crippen LogP contribution is 2.28. The Kier molecular flexibility index (Phi) is 6.07. The van der Waals surface area contributed by atoms with Crippen LogP contribution in [0.3, 0.4) is 0 Å². The minimum Gasteiger partial charge on any atom is -0.323 e. The van der Waals surface area contributed by atoms with E-state index in [-0.39, 0.29) is 18.0 Å². The normalized spacial score (nSPS) is 10.8. The lowest BCUT2D eigenvalue weighted by molar-refractivity contribution is -0.116. The molecule has 0 fully saturated rings. The molecule has 2 aromatic carbocycles. The molecule has 0 saturated heterocycles. The summed E-state index contributed by atoms with van der Waals surface area (Å²) in [5.74, 6) is -0.714. The number of rotatable bonds is 5. The summed E-state index contributed by atoms with van der Waals surface area (Å²) in [5, 5.41) is 6.30. The van der Waals surface area contributed by atoms with E-state index in [1.165, 1.54) is 10.9 Å². The lowest BCUT2D eigenvalue weighted by Gasteiger charge is -2.08. The summed E-state index contributed by atoms with van der Waals surface area (Å²) in [6.45, 7) is 3.39. The molecule has 0 aliphatic heterocycles. The Morgan fingerprint density at radius 1 is 1.03 bits per heavy atom. The first-order valence-corrected chi connectivity index (χ1v) is 10.9. The first kappa shape index (κ1) is 21.7. The number of amides is 2. The van der Waals surface area contributed by atoms with Crippen molar-refractivity contribution in [1.82, 2.24) is 9.55 Å². The lowest BCUT2D eigenvalue weighted by atomic mass is 10.2. The summed E-state index contributed by atoms with van der Waals surface area (Å²) >= 11 is 7.22. The van der Waals surface area contributed by atoms with Crippen molar-refractivity contribution in [3.05, 3.63) is 86.2 Å². The van der Waals surface area contributed by atoms with Crippen LogP contribution in [0.5, 0.6) is 0 Å². The Morgan fingerprint density at radius 2 is 1.72 bits per heavy atom. The summed E-state index contributed by atoms with van der Waals surface area (Å²) in [5.41, 5.74) is 2.26. The highest BCUT2D eigenvalue weighted by Gasteiger charge is 2.20. The fourth-order valence-electron chi connectivity index (χ4n) is 3.29. The smallest absolute Gasteiger partial charge is 0.266 e. The number of aromatic nitrogens is 2. The zero-order valence-corrected chi connectivity index (χ0v) is 18.9. The van der Waals surface area contributed by atoms with Crippen molar-refractivity contribution in [2.45, 2.75) is 20.4 Å². The Bertz CT molecular complexity index is 1410. The third kappa shape index (κ3) is 4.28. The van der Waals surface area contributed by atoms with E-state index in [1.807, 2.05) is 31.2 Å². The number of hydrogen-bond acceptors (Lipinski definition) is 5. The van der Waals surface area contributed by atoms with Gasteiger partial charge in [-0.25, -0.2) is 4.98 Å². The molecular formula is C23H19ClN4O3S. The number of halogens is 1. The van der Waals surface area contributed by atoms with Crippen LogP contribution >= 0.6 is 22.9 Å². The van der Waals surface area contributed by atoms with Crippen molar-refractivity contribution in [3.63, 3.8) is 0 Å². The highest BCUT2D eigenvalue weighted by atomic mass is 35.5. The molecule has 9 heteroatoms. The molecule has 2 amide bonds. The van der Waals surface area contributed by atoms with E-state index in [2.05, 4.69) is 15.6 Å². The number of anilines is 2. The maximum atomic E-state index is 13.0. The van der Waals surface area contributed by atoms with E-state index in [1.54, 1.807) is 31.2 Å². The maximum Gasteiger partial charge on any atom is 0.266 e. The summed E-state index contributed by atoms with van der Waals surface area (Å²) < 4.78 is 1.22. The van der Waals surface area contributed by atoms with Crippen LogP contribution in [0.1, 0.15) is 20.8 Å². The van der Waals surface area contributed by atoms with E-state index < -0.39 is 5.91 Å². The number of benzene rings is 2. The van der Waals surface area contributed by atoms with Crippen molar-refractivity contribution in [2.24, 2.45) is 0 Å². The highest BCUT2D eigenvalue weighted by molar-refractivity contribution is 7.20. The van der Waals surface area contributed by atoms with Crippen LogP contribution in [0.25, 0.3) is 10.2 Å². The molecule has 0 aliphatic rings. The number of carbonyl (C=O) groups is 2. The van der Waals surface area contributed by atoms with Gasteiger partial charge in [-0.3, -0.25) is 19.0 Å². The van der Waals surface area contributed by atoms with Crippen LogP contribution in [0.2, 0.25) is 5.02 Å². The summed E-state index contributed by atoms with van der Waals surface area (Å²) in [6, 6.07) is 14.3. The lowest BCUT2D eigenvalue weighted by Crippen LogP contribution is -2.28. The number of carbonyl (C=O) groups excluding carboxylic acids is 2. The van der Waals surface area contributed by atoms with Gasteiger partial charge in [0.1, 0.15) is 11.4 Å². The van der Waals surface area contributed by atoms with Crippen molar-refractivity contribution in [1.29, 1.82) is 0 Å². The van der Waals surface area contributed by atoms with Crippen LogP contribution in [0.15, 0.2) is 59.7 Å². The molecule has 0 aliphatic carbocycles. The summed E-state index contributed by atoms with van der Waals surface area (Å²) in [4.78, 5) is 43.5. The fraction of sp³-hybridized carbons (Fsp3) is 0.130. The number of aryl methyl sites for hydroxylation is 2. The van der Waals surface area contributed by atoms with Crippen molar-refractivity contribution in [3.8, 4) is 0 Å². The van der Waals surface area contributed by atoms with Gasteiger partial charge in [-0.1, -0.05) is 41.9 Å². The van der Waals surface area contributed by atoms with Gasteiger partial charge in [0.2, 0.25) is 5.91 Å². The molecule has 2 aromatic heterocycles. The molecule has 32 heavy (non-hydrogen) atoms. The average Bonchev–Trinajstić information content (AvgIpc) is 3.11. The van der Waals surface area contributed by atoms with E-state index in [0.717, 1.165) is 16.9 Å². The van der Waals surface area contributed by atoms with Gasteiger partial charge in [0.05, 0.1) is 27.3 Å². The molecule has 2 heterocycles. The van der Waals surface area contributed by atoms with Gasteiger partial charge in [-0.05, 0) is 43.2 Å². The molecule has 2 N–H and O–H groups in total. The third-order valence-electron chi connectivity index (χ3n) is 4.98. The van der Waals surface area contributed by atoms with Crippen molar-refractivity contribution < 1.29 is 9.59 Å². The molecule has 0 radical (unpaired) electrons. The molecule has 0 bridgehead atoms. The topological polar surface area (TPSA) is 93.1 Å². The van der Waals surface area contributed by atoms with Gasteiger partial charge in [-0.2, -0.15) is 0 Å². The predicted octanol–water partition coefficient (Wildman–Crippen LogP) is 4.62. The monoisotopic (exact) mass is 466 g/mol. The zero-order valence-electron chi connectivity index (χ0n) is 17.3. The first-order valence-electron chi connectivity index (χ1n) is 9.75. The second-order valence-corrected chi connectivity index (χ2v) is 8.62. The molecule has 162 valence electrons. The minimum atomic E-state index is -0.410. The molecule has 4 rings (SSSR count). The van der Waals surface area contributed by atoms with E-state index >= 15 is 0 Å². The SMILES string of the molecule is Cc1ccccc1NC(=O)c1sc2ncn(CC(=O)Nc3ccccc3Cl)c(=O)c2c1C. The summed E-state index contributed by atoms with van der Waals surface area (Å²) in [7, 11) is 0. The van der Waals surface area contributed by atoms with Gasteiger partial charge in [0.15, 0.2) is 0 Å².